The molecule has 0 fully saturated rings. The van der Waals surface area contributed by atoms with Crippen molar-refractivity contribution in [3.05, 3.63) is 28.8 Å². The van der Waals surface area contributed by atoms with Crippen LogP contribution in [-0.4, -0.2) is 23.4 Å². The van der Waals surface area contributed by atoms with Crippen LogP contribution in [0, 0.1) is 0 Å². The average molecular weight is 399 g/mol. The minimum absolute atomic E-state index is 0.0241. The van der Waals surface area contributed by atoms with Crippen molar-refractivity contribution in [3.63, 3.8) is 0 Å². The fraction of sp³-hybridized carbons (Fsp3) is 0.417. The number of benzene rings is 1. The summed E-state index contributed by atoms with van der Waals surface area (Å²) in [5.74, 6) is -6.45. The molecule has 0 aliphatic carbocycles. The number of alkyl halides is 10. The van der Waals surface area contributed by atoms with Gasteiger partial charge in [-0.3, -0.25) is 5.01 Å². The zero-order valence-electron chi connectivity index (χ0n) is 12.1. The van der Waals surface area contributed by atoms with Gasteiger partial charge in [-0.1, -0.05) is 0 Å². The number of fused-ring (bicyclic) bond motifs is 1. The number of rotatable bonds is 2. The van der Waals surface area contributed by atoms with Gasteiger partial charge in [0.2, 0.25) is 0 Å². The van der Waals surface area contributed by atoms with Crippen molar-refractivity contribution in [1.82, 2.24) is 5.01 Å². The molecule has 0 unspecified atom stereocenters. The van der Waals surface area contributed by atoms with Gasteiger partial charge in [-0.2, -0.15) is 43.9 Å². The average Bonchev–Trinajstić information content (AvgIpc) is 2.44. The summed E-state index contributed by atoms with van der Waals surface area (Å²) in [6.45, 7) is -1.07. The van der Waals surface area contributed by atoms with E-state index in [-0.39, 0.29) is 11.1 Å². The Kier molecular flexibility index (Phi) is 4.34. The van der Waals surface area contributed by atoms with Gasteiger partial charge in [0.15, 0.2) is 0 Å². The van der Waals surface area contributed by atoms with Crippen molar-refractivity contribution in [2.24, 2.45) is 5.84 Å². The summed E-state index contributed by atoms with van der Waals surface area (Å²) in [5, 5.41) is 1.75. The fourth-order valence-corrected chi connectivity index (χ4v) is 2.16. The zero-order chi connectivity index (χ0) is 20.3. The van der Waals surface area contributed by atoms with Crippen LogP contribution in [-0.2, 0) is 18.4 Å². The highest BCUT2D eigenvalue weighted by atomic mass is 19.4. The molecule has 0 saturated heterocycles. The lowest BCUT2D eigenvalue weighted by Gasteiger charge is -2.32. The molecule has 26 heavy (non-hydrogen) atoms. The Morgan fingerprint density at radius 1 is 0.885 bits per heavy atom. The molecule has 0 atom stereocenters. The molecule has 1 aliphatic heterocycles. The molecule has 4 nitrogen and oxygen atoms in total. The van der Waals surface area contributed by atoms with Crippen LogP contribution in [0.15, 0.2) is 12.1 Å². The van der Waals surface area contributed by atoms with Gasteiger partial charge < -0.3 is 5.32 Å². The van der Waals surface area contributed by atoms with E-state index in [2.05, 4.69) is 0 Å². The number of halogens is 10. The fourth-order valence-electron chi connectivity index (χ4n) is 2.16. The van der Waals surface area contributed by atoms with E-state index in [1.807, 2.05) is 0 Å². The van der Waals surface area contributed by atoms with Gasteiger partial charge >= 0.3 is 30.2 Å². The van der Waals surface area contributed by atoms with E-state index in [0.29, 0.717) is 0 Å². The lowest BCUT2D eigenvalue weighted by atomic mass is 9.92. The number of hydrogen-bond donors (Lipinski definition) is 2. The highest BCUT2D eigenvalue weighted by Gasteiger charge is 2.62. The predicted octanol–water partition coefficient (Wildman–Crippen LogP) is 4.22. The molecule has 14 heteroatoms. The molecule has 0 spiro atoms. The lowest BCUT2D eigenvalue weighted by Crippen LogP contribution is -2.45. The van der Waals surface area contributed by atoms with Crippen LogP contribution >= 0.6 is 0 Å². The molecule has 1 aliphatic rings. The molecule has 0 saturated carbocycles. The number of urea groups is 1. The molecule has 0 radical (unpaired) electrons. The molecule has 1 aromatic carbocycles. The summed E-state index contributed by atoms with van der Waals surface area (Å²) >= 11 is 0. The van der Waals surface area contributed by atoms with Gasteiger partial charge in [0.25, 0.3) is 0 Å². The maximum Gasteiger partial charge on any atom is 0.458 e. The van der Waals surface area contributed by atoms with Gasteiger partial charge in [-0.25, -0.2) is 10.6 Å². The minimum Gasteiger partial charge on any atom is -0.306 e. The second-order valence-electron chi connectivity index (χ2n) is 5.25. The lowest BCUT2D eigenvalue weighted by molar-refractivity contribution is -0.292. The van der Waals surface area contributed by atoms with E-state index in [1.165, 1.54) is 0 Å². The third-order valence-corrected chi connectivity index (χ3v) is 3.49. The first-order chi connectivity index (χ1) is 11.5. The molecule has 0 aromatic heterocycles. The Balaban J connectivity index is 2.80. The van der Waals surface area contributed by atoms with E-state index >= 15 is 0 Å². The number of carbonyl (C=O) groups is 1. The Labute approximate surface area is 137 Å². The molecule has 1 aromatic rings. The van der Waals surface area contributed by atoms with Gasteiger partial charge in [-0.05, 0) is 12.1 Å². The first-order valence-electron chi connectivity index (χ1n) is 6.40. The molecule has 2 amide bonds. The smallest absolute Gasteiger partial charge is 0.306 e. The van der Waals surface area contributed by atoms with E-state index in [1.54, 1.807) is 5.32 Å². The Bertz CT molecular complexity index is 740. The standard InChI is InChI=1S/C12H7F10N3O/c13-9(14,11(17,18)19)4-1-6(10(15,16)12(20,21)22)5-3-25(23)8(26)24-7(5)2-4/h1-2H,3,23H2,(H,24,26). The van der Waals surface area contributed by atoms with Gasteiger partial charge in [0, 0.05) is 22.4 Å². The number of hydrazine groups is 1. The van der Waals surface area contributed by atoms with Crippen molar-refractivity contribution in [2.75, 3.05) is 5.32 Å². The van der Waals surface area contributed by atoms with E-state index in [0.717, 1.165) is 0 Å². The monoisotopic (exact) mass is 399 g/mol. The van der Waals surface area contributed by atoms with E-state index in [4.69, 9.17) is 5.84 Å². The molecule has 1 heterocycles. The zero-order valence-corrected chi connectivity index (χ0v) is 12.1. The van der Waals surface area contributed by atoms with Crippen LogP contribution in [0.2, 0.25) is 0 Å². The maximum atomic E-state index is 13.7. The highest BCUT2D eigenvalue weighted by molar-refractivity contribution is 5.92. The molecule has 0 bridgehead atoms. The van der Waals surface area contributed by atoms with Crippen LogP contribution in [0.25, 0.3) is 0 Å². The number of nitrogens with one attached hydrogen (secondary N) is 1. The predicted molar refractivity (Wildman–Crippen MR) is 65.1 cm³/mol. The van der Waals surface area contributed by atoms with Crippen LogP contribution < -0.4 is 11.2 Å². The summed E-state index contributed by atoms with van der Waals surface area (Å²) in [6.07, 6.45) is -12.6. The molecule has 3 N–H and O–H groups in total. The second-order valence-corrected chi connectivity index (χ2v) is 5.25. The maximum absolute atomic E-state index is 13.7. The van der Waals surface area contributed by atoms with Crippen LogP contribution in [0.4, 0.5) is 54.4 Å². The van der Waals surface area contributed by atoms with Gasteiger partial charge in [0.1, 0.15) is 0 Å². The van der Waals surface area contributed by atoms with Crippen molar-refractivity contribution < 1.29 is 48.7 Å². The first kappa shape index (κ1) is 20.1. The van der Waals surface area contributed by atoms with Crippen molar-refractivity contribution >= 4 is 11.7 Å². The second kappa shape index (κ2) is 5.62. The Hall–Kier alpha value is -2.25. The Morgan fingerprint density at radius 2 is 1.38 bits per heavy atom. The van der Waals surface area contributed by atoms with E-state index < -0.39 is 65.2 Å². The number of nitrogens with two attached hydrogens (primary N) is 1. The van der Waals surface area contributed by atoms with E-state index in [9.17, 15) is 48.7 Å². The number of carbonyl (C=O) groups excluding carboxylic acids is 1. The first-order valence-corrected chi connectivity index (χ1v) is 6.40. The summed E-state index contributed by atoms with van der Waals surface area (Å²) in [5.41, 5.74) is -6.46. The summed E-state index contributed by atoms with van der Waals surface area (Å²) < 4.78 is 130. The summed E-state index contributed by atoms with van der Waals surface area (Å²) in [7, 11) is 0. The number of hydrogen-bond acceptors (Lipinski definition) is 2. The Morgan fingerprint density at radius 3 is 1.85 bits per heavy atom. The van der Waals surface area contributed by atoms with Gasteiger partial charge in [-0.15, -0.1) is 0 Å². The number of nitrogens with zero attached hydrogens (tertiary/aromatic N) is 1. The van der Waals surface area contributed by atoms with Crippen LogP contribution in [0.5, 0.6) is 0 Å². The highest BCUT2D eigenvalue weighted by Crippen LogP contribution is 2.51. The van der Waals surface area contributed by atoms with Crippen molar-refractivity contribution in [2.45, 2.75) is 30.7 Å². The topological polar surface area (TPSA) is 58.4 Å². The normalized spacial score (nSPS) is 16.4. The summed E-state index contributed by atoms with van der Waals surface area (Å²) in [6, 6.07) is -1.92. The SMILES string of the molecule is NN1Cc2c(cc(C(F)(F)C(F)(F)F)cc2C(F)(F)C(F)(F)F)NC1=O. The van der Waals surface area contributed by atoms with Crippen LogP contribution in [0.3, 0.4) is 0 Å². The summed E-state index contributed by atoms with van der Waals surface area (Å²) in [4.78, 5) is 11.3. The van der Waals surface area contributed by atoms with Crippen molar-refractivity contribution in [1.29, 1.82) is 0 Å². The third-order valence-electron chi connectivity index (χ3n) is 3.49. The molecular formula is C12H7F10N3O. The van der Waals surface area contributed by atoms with Gasteiger partial charge in [0.05, 0.1) is 6.54 Å². The number of anilines is 1. The number of amides is 2. The van der Waals surface area contributed by atoms with Crippen molar-refractivity contribution in [3.8, 4) is 0 Å². The quantitative estimate of drug-likeness (QED) is 0.445. The third kappa shape index (κ3) is 3.01. The largest absolute Gasteiger partial charge is 0.458 e. The minimum atomic E-state index is -6.30. The molecular weight excluding hydrogens is 392 g/mol. The van der Waals surface area contributed by atoms with Crippen LogP contribution in [0.1, 0.15) is 16.7 Å². The molecule has 146 valence electrons. The molecule has 2 rings (SSSR count).